The predicted octanol–water partition coefficient (Wildman–Crippen LogP) is 1.96. The summed E-state index contributed by atoms with van der Waals surface area (Å²) in [5, 5.41) is 7.94. The molecule has 0 unspecified atom stereocenters. The molecule has 0 fully saturated rings. The highest BCUT2D eigenvalue weighted by Gasteiger charge is 2.25. The van der Waals surface area contributed by atoms with Gasteiger partial charge in [-0.2, -0.15) is 0 Å². The molecule has 0 aromatic rings. The van der Waals surface area contributed by atoms with Gasteiger partial charge in [0.15, 0.2) is 0 Å². The van der Waals surface area contributed by atoms with Crippen molar-refractivity contribution in [3.8, 4) is 0 Å². The minimum absolute atomic E-state index is 0.606. The lowest BCUT2D eigenvalue weighted by Gasteiger charge is -2.37. The second-order valence-corrected chi connectivity index (χ2v) is 3.62. The van der Waals surface area contributed by atoms with Crippen molar-refractivity contribution in [1.82, 2.24) is 9.80 Å². The van der Waals surface area contributed by atoms with Gasteiger partial charge in [-0.15, -0.1) is 0 Å². The Kier molecular flexibility index (Phi) is 1.65. The van der Waals surface area contributed by atoms with Gasteiger partial charge in [0.1, 0.15) is 5.84 Å². The summed E-state index contributed by atoms with van der Waals surface area (Å²) in [6.45, 7) is 0.637. The molecule has 0 aromatic heterocycles. The first kappa shape index (κ1) is 8.29. The summed E-state index contributed by atoms with van der Waals surface area (Å²) < 4.78 is 0. The quantitative estimate of drug-likeness (QED) is 0.643. The zero-order chi connectivity index (χ0) is 10.3. The van der Waals surface area contributed by atoms with Crippen LogP contribution in [-0.2, 0) is 0 Å². The van der Waals surface area contributed by atoms with Gasteiger partial charge >= 0.3 is 0 Å². The van der Waals surface area contributed by atoms with E-state index in [1.807, 2.05) is 47.7 Å². The number of nitrogens with one attached hydrogen (secondary N) is 1. The van der Waals surface area contributed by atoms with Crippen LogP contribution in [-0.4, -0.2) is 22.2 Å². The molecule has 0 bridgehead atoms. The summed E-state index contributed by atoms with van der Waals surface area (Å²) >= 11 is 0. The van der Waals surface area contributed by atoms with E-state index in [1.54, 1.807) is 0 Å². The first-order valence-electron chi connectivity index (χ1n) is 4.93. The van der Waals surface area contributed by atoms with Gasteiger partial charge in [0.2, 0.25) is 0 Å². The van der Waals surface area contributed by atoms with Gasteiger partial charge in [-0.25, -0.2) is 0 Å². The van der Waals surface area contributed by atoms with Crippen LogP contribution < -0.4 is 0 Å². The van der Waals surface area contributed by atoms with E-state index < -0.39 is 0 Å². The standard InChI is InChI=1S/C12H11N3/c13-12-9-14-7-3-1-5-10(14)11-6-2-4-8-15(11)12/h1-8,13H,9H2. The molecule has 74 valence electrons. The molecule has 3 rings (SSSR count). The van der Waals surface area contributed by atoms with E-state index in [9.17, 15) is 0 Å². The third kappa shape index (κ3) is 1.16. The Hall–Kier alpha value is -2.03. The van der Waals surface area contributed by atoms with Crippen molar-refractivity contribution in [2.24, 2.45) is 0 Å². The van der Waals surface area contributed by atoms with Crippen LogP contribution in [0.5, 0.6) is 0 Å². The Balaban J connectivity index is 2.16. The van der Waals surface area contributed by atoms with Crippen molar-refractivity contribution in [2.75, 3.05) is 6.54 Å². The van der Waals surface area contributed by atoms with Crippen LogP contribution in [0.3, 0.4) is 0 Å². The summed E-state index contributed by atoms with van der Waals surface area (Å²) in [4.78, 5) is 4.02. The number of nitrogens with zero attached hydrogens (tertiary/aromatic N) is 2. The molecule has 0 amide bonds. The Labute approximate surface area is 88.5 Å². The summed E-state index contributed by atoms with van der Waals surface area (Å²) in [6, 6.07) is 0. The lowest BCUT2D eigenvalue weighted by atomic mass is 10.1. The molecule has 0 saturated heterocycles. The van der Waals surface area contributed by atoms with Gasteiger partial charge in [-0.05, 0) is 24.3 Å². The first-order valence-corrected chi connectivity index (χ1v) is 4.93. The fourth-order valence-corrected chi connectivity index (χ4v) is 1.97. The Bertz CT molecular complexity index is 463. The smallest absolute Gasteiger partial charge is 0.125 e. The van der Waals surface area contributed by atoms with E-state index >= 15 is 0 Å². The molecule has 3 aliphatic heterocycles. The minimum atomic E-state index is 0.606. The van der Waals surface area contributed by atoms with Crippen molar-refractivity contribution >= 4 is 5.84 Å². The maximum Gasteiger partial charge on any atom is 0.125 e. The van der Waals surface area contributed by atoms with E-state index in [-0.39, 0.29) is 0 Å². The molecule has 15 heavy (non-hydrogen) atoms. The zero-order valence-electron chi connectivity index (χ0n) is 8.22. The molecule has 3 aliphatic rings. The molecule has 0 saturated carbocycles. The van der Waals surface area contributed by atoms with Crippen molar-refractivity contribution in [2.45, 2.75) is 0 Å². The Morgan fingerprint density at radius 1 is 0.933 bits per heavy atom. The van der Waals surface area contributed by atoms with Gasteiger partial charge in [0.05, 0.1) is 17.9 Å². The van der Waals surface area contributed by atoms with Gasteiger partial charge in [-0.3, -0.25) is 5.41 Å². The van der Waals surface area contributed by atoms with E-state index in [0.29, 0.717) is 12.4 Å². The molecule has 0 atom stereocenters. The average Bonchev–Trinajstić information content (AvgIpc) is 2.30. The summed E-state index contributed by atoms with van der Waals surface area (Å²) in [5.74, 6) is 0.606. The SMILES string of the molecule is N=C1CN2C=CC=CC2=C2C=CC=CN12. The normalized spacial score (nSPS) is 22.3. The summed E-state index contributed by atoms with van der Waals surface area (Å²) in [6.07, 6.45) is 16.1. The van der Waals surface area contributed by atoms with Crippen LogP contribution in [0.2, 0.25) is 0 Å². The molecule has 3 heteroatoms. The minimum Gasteiger partial charge on any atom is -0.339 e. The van der Waals surface area contributed by atoms with E-state index in [2.05, 4.69) is 11.0 Å². The lowest BCUT2D eigenvalue weighted by molar-refractivity contribution is 0.462. The lowest BCUT2D eigenvalue weighted by Crippen LogP contribution is -2.41. The number of fused-ring (bicyclic) bond motifs is 2. The zero-order valence-corrected chi connectivity index (χ0v) is 8.22. The van der Waals surface area contributed by atoms with Gasteiger partial charge in [0.25, 0.3) is 0 Å². The van der Waals surface area contributed by atoms with Crippen LogP contribution in [0.15, 0.2) is 60.3 Å². The number of rotatable bonds is 0. The largest absolute Gasteiger partial charge is 0.339 e. The highest BCUT2D eigenvalue weighted by Crippen LogP contribution is 2.27. The topological polar surface area (TPSA) is 30.3 Å². The average molecular weight is 197 g/mol. The van der Waals surface area contributed by atoms with Crippen molar-refractivity contribution in [1.29, 1.82) is 5.41 Å². The van der Waals surface area contributed by atoms with Crippen LogP contribution in [0.4, 0.5) is 0 Å². The van der Waals surface area contributed by atoms with Crippen molar-refractivity contribution in [3.63, 3.8) is 0 Å². The first-order chi connectivity index (χ1) is 7.36. The van der Waals surface area contributed by atoms with Crippen LogP contribution in [0, 0.1) is 5.41 Å². The molecule has 1 N–H and O–H groups in total. The summed E-state index contributed by atoms with van der Waals surface area (Å²) in [7, 11) is 0. The molecule has 0 aliphatic carbocycles. The van der Waals surface area contributed by atoms with Gasteiger partial charge in [0, 0.05) is 12.4 Å². The molecule has 3 heterocycles. The third-order valence-electron chi connectivity index (χ3n) is 2.67. The second kappa shape index (κ2) is 2.98. The molecule has 0 spiro atoms. The predicted molar refractivity (Wildman–Crippen MR) is 59.9 cm³/mol. The maximum absolute atomic E-state index is 7.94. The van der Waals surface area contributed by atoms with E-state index in [1.165, 1.54) is 0 Å². The van der Waals surface area contributed by atoms with E-state index in [0.717, 1.165) is 11.4 Å². The third-order valence-corrected chi connectivity index (χ3v) is 2.67. The summed E-state index contributed by atoms with van der Waals surface area (Å²) in [5.41, 5.74) is 2.24. The number of allylic oxidation sites excluding steroid dienone is 6. The molecular formula is C12H11N3. The van der Waals surface area contributed by atoms with Crippen LogP contribution in [0.25, 0.3) is 0 Å². The second-order valence-electron chi connectivity index (χ2n) is 3.62. The molecular weight excluding hydrogens is 186 g/mol. The highest BCUT2D eigenvalue weighted by atomic mass is 15.3. The van der Waals surface area contributed by atoms with Gasteiger partial charge in [-0.1, -0.05) is 12.2 Å². The maximum atomic E-state index is 7.94. The Morgan fingerprint density at radius 2 is 1.67 bits per heavy atom. The highest BCUT2D eigenvalue weighted by molar-refractivity contribution is 5.87. The van der Waals surface area contributed by atoms with Crippen molar-refractivity contribution < 1.29 is 0 Å². The van der Waals surface area contributed by atoms with Crippen LogP contribution >= 0.6 is 0 Å². The van der Waals surface area contributed by atoms with Crippen LogP contribution in [0.1, 0.15) is 0 Å². The molecule has 0 radical (unpaired) electrons. The number of amidine groups is 1. The van der Waals surface area contributed by atoms with Crippen molar-refractivity contribution in [3.05, 3.63) is 60.3 Å². The fraction of sp³-hybridized carbons (Fsp3) is 0.0833. The van der Waals surface area contributed by atoms with E-state index in [4.69, 9.17) is 5.41 Å². The number of hydrogen-bond acceptors (Lipinski definition) is 2. The number of hydrogen-bond donors (Lipinski definition) is 1. The molecule has 0 aromatic carbocycles. The molecule has 3 nitrogen and oxygen atoms in total. The fourth-order valence-electron chi connectivity index (χ4n) is 1.97. The Morgan fingerprint density at radius 3 is 2.53 bits per heavy atom. The monoisotopic (exact) mass is 197 g/mol. The van der Waals surface area contributed by atoms with Gasteiger partial charge < -0.3 is 9.80 Å².